The summed E-state index contributed by atoms with van der Waals surface area (Å²) >= 11 is 5.91. The molecule has 0 aliphatic carbocycles. The number of carbonyl (C=O) groups excluding carboxylic acids is 1. The van der Waals surface area contributed by atoms with E-state index in [4.69, 9.17) is 11.6 Å². The van der Waals surface area contributed by atoms with Crippen molar-refractivity contribution in [3.8, 4) is 0 Å². The number of amides is 1. The standard InChI is InChI=1S/C14H25ClN2O/c1-14(2,10-15)13(18)17-8-6-12-11(9-17)5-4-7-16(12)3/h11-12H,4-10H2,1-3H3. The van der Waals surface area contributed by atoms with E-state index in [0.29, 0.717) is 17.8 Å². The number of halogens is 1. The molecule has 1 amide bonds. The normalized spacial score (nSPS) is 30.1. The van der Waals surface area contributed by atoms with Gasteiger partial charge in [0.15, 0.2) is 0 Å². The van der Waals surface area contributed by atoms with Crippen LogP contribution in [0, 0.1) is 11.3 Å². The molecule has 2 fully saturated rings. The summed E-state index contributed by atoms with van der Waals surface area (Å²) in [4.78, 5) is 17.0. The summed E-state index contributed by atoms with van der Waals surface area (Å²) in [5.74, 6) is 1.29. The van der Waals surface area contributed by atoms with Gasteiger partial charge in [-0.3, -0.25) is 4.79 Å². The van der Waals surface area contributed by atoms with E-state index in [-0.39, 0.29) is 5.91 Å². The van der Waals surface area contributed by atoms with Crippen LogP contribution in [-0.4, -0.2) is 54.3 Å². The van der Waals surface area contributed by atoms with Crippen molar-refractivity contribution in [2.45, 2.75) is 39.2 Å². The first kappa shape index (κ1) is 14.1. The molecule has 0 aromatic carbocycles. The summed E-state index contributed by atoms with van der Waals surface area (Å²) in [6.07, 6.45) is 3.64. The minimum atomic E-state index is -0.422. The van der Waals surface area contributed by atoms with Gasteiger partial charge in [0.1, 0.15) is 0 Å². The third kappa shape index (κ3) is 2.67. The van der Waals surface area contributed by atoms with Gasteiger partial charge >= 0.3 is 0 Å². The first-order valence-electron chi connectivity index (χ1n) is 7.01. The van der Waals surface area contributed by atoms with Gasteiger partial charge in [0.2, 0.25) is 5.91 Å². The monoisotopic (exact) mass is 272 g/mol. The summed E-state index contributed by atoms with van der Waals surface area (Å²) in [5, 5.41) is 0. The molecule has 2 atom stereocenters. The van der Waals surface area contributed by atoms with Crippen LogP contribution in [0.5, 0.6) is 0 Å². The Morgan fingerprint density at radius 3 is 2.72 bits per heavy atom. The molecule has 2 heterocycles. The highest BCUT2D eigenvalue weighted by atomic mass is 35.5. The molecule has 2 aliphatic heterocycles. The molecule has 0 saturated carbocycles. The number of alkyl halides is 1. The number of likely N-dealkylation sites (tertiary alicyclic amines) is 2. The lowest BCUT2D eigenvalue weighted by Gasteiger charge is -2.47. The van der Waals surface area contributed by atoms with Crippen LogP contribution in [0.2, 0.25) is 0 Å². The maximum Gasteiger partial charge on any atom is 0.229 e. The quantitative estimate of drug-likeness (QED) is 0.720. The second kappa shape index (κ2) is 5.38. The Labute approximate surface area is 115 Å². The first-order valence-corrected chi connectivity index (χ1v) is 7.55. The number of piperidine rings is 2. The highest BCUT2D eigenvalue weighted by Gasteiger charge is 2.39. The Kier molecular flexibility index (Phi) is 4.22. The lowest BCUT2D eigenvalue weighted by Crippen LogP contribution is -2.56. The van der Waals surface area contributed by atoms with Crippen molar-refractivity contribution in [1.29, 1.82) is 0 Å². The molecule has 0 spiro atoms. The topological polar surface area (TPSA) is 23.6 Å². The molecule has 2 aliphatic rings. The maximum atomic E-state index is 12.4. The number of fused-ring (bicyclic) bond motifs is 1. The Morgan fingerprint density at radius 1 is 1.33 bits per heavy atom. The Bertz CT molecular complexity index is 319. The fourth-order valence-electron chi connectivity index (χ4n) is 3.32. The highest BCUT2D eigenvalue weighted by Crippen LogP contribution is 2.31. The van der Waals surface area contributed by atoms with Gasteiger partial charge in [-0.05, 0) is 52.6 Å². The maximum absolute atomic E-state index is 12.4. The zero-order valence-electron chi connectivity index (χ0n) is 11.8. The third-order valence-corrected chi connectivity index (χ3v) is 5.21. The number of carbonyl (C=O) groups is 1. The van der Waals surface area contributed by atoms with E-state index in [1.807, 2.05) is 18.7 Å². The van der Waals surface area contributed by atoms with Gasteiger partial charge in [-0.2, -0.15) is 0 Å². The van der Waals surface area contributed by atoms with Crippen LogP contribution in [0.1, 0.15) is 33.1 Å². The Morgan fingerprint density at radius 2 is 2.06 bits per heavy atom. The van der Waals surface area contributed by atoms with Crippen LogP contribution in [0.4, 0.5) is 0 Å². The average molecular weight is 273 g/mol. The van der Waals surface area contributed by atoms with Crippen LogP contribution in [0.15, 0.2) is 0 Å². The van der Waals surface area contributed by atoms with Crippen molar-refractivity contribution in [2.75, 3.05) is 32.6 Å². The van der Waals surface area contributed by atoms with Crippen LogP contribution in [-0.2, 0) is 4.79 Å². The molecule has 0 N–H and O–H groups in total. The minimum absolute atomic E-state index is 0.226. The highest BCUT2D eigenvalue weighted by molar-refractivity contribution is 6.19. The van der Waals surface area contributed by atoms with Crippen LogP contribution >= 0.6 is 11.6 Å². The molecule has 0 aromatic rings. The van der Waals surface area contributed by atoms with E-state index in [1.54, 1.807) is 0 Å². The van der Waals surface area contributed by atoms with Gasteiger partial charge in [0.25, 0.3) is 0 Å². The van der Waals surface area contributed by atoms with Crippen molar-refractivity contribution in [1.82, 2.24) is 9.80 Å². The summed E-state index contributed by atoms with van der Waals surface area (Å²) < 4.78 is 0. The van der Waals surface area contributed by atoms with Gasteiger partial charge in [-0.15, -0.1) is 11.6 Å². The fourth-order valence-corrected chi connectivity index (χ4v) is 3.44. The van der Waals surface area contributed by atoms with Gasteiger partial charge in [-0.25, -0.2) is 0 Å². The number of nitrogens with zero attached hydrogens (tertiary/aromatic N) is 2. The van der Waals surface area contributed by atoms with Crippen LogP contribution in [0.3, 0.4) is 0 Å². The fraction of sp³-hybridized carbons (Fsp3) is 0.929. The molecule has 2 unspecified atom stereocenters. The molecule has 2 rings (SSSR count). The van der Waals surface area contributed by atoms with Crippen molar-refractivity contribution < 1.29 is 4.79 Å². The van der Waals surface area contributed by atoms with Crippen molar-refractivity contribution in [3.63, 3.8) is 0 Å². The van der Waals surface area contributed by atoms with E-state index in [0.717, 1.165) is 19.5 Å². The Hall–Kier alpha value is -0.280. The van der Waals surface area contributed by atoms with Gasteiger partial charge in [0, 0.05) is 25.0 Å². The van der Waals surface area contributed by atoms with E-state index in [2.05, 4.69) is 11.9 Å². The minimum Gasteiger partial charge on any atom is -0.342 e. The molecule has 18 heavy (non-hydrogen) atoms. The molecular formula is C14H25ClN2O. The predicted molar refractivity (Wildman–Crippen MR) is 74.8 cm³/mol. The summed E-state index contributed by atoms with van der Waals surface area (Å²) in [7, 11) is 2.22. The van der Waals surface area contributed by atoms with E-state index in [1.165, 1.54) is 19.4 Å². The summed E-state index contributed by atoms with van der Waals surface area (Å²) in [5.41, 5.74) is -0.422. The smallest absolute Gasteiger partial charge is 0.229 e. The zero-order chi connectivity index (χ0) is 13.3. The van der Waals surface area contributed by atoms with Gasteiger partial charge < -0.3 is 9.80 Å². The molecule has 3 nitrogen and oxygen atoms in total. The predicted octanol–water partition coefficient (Wildman–Crippen LogP) is 2.19. The summed E-state index contributed by atoms with van der Waals surface area (Å²) in [6, 6.07) is 0.682. The molecule has 104 valence electrons. The number of rotatable bonds is 2. The van der Waals surface area contributed by atoms with E-state index < -0.39 is 5.41 Å². The lowest BCUT2D eigenvalue weighted by molar-refractivity contribution is -0.142. The molecule has 0 radical (unpaired) electrons. The molecule has 0 aromatic heterocycles. The van der Waals surface area contributed by atoms with Crippen LogP contribution in [0.25, 0.3) is 0 Å². The third-order valence-electron chi connectivity index (χ3n) is 4.55. The van der Waals surface area contributed by atoms with E-state index >= 15 is 0 Å². The second-order valence-electron chi connectivity index (χ2n) is 6.51. The van der Waals surface area contributed by atoms with Crippen LogP contribution < -0.4 is 0 Å². The zero-order valence-corrected chi connectivity index (χ0v) is 12.5. The molecule has 0 bridgehead atoms. The van der Waals surface area contributed by atoms with Crippen molar-refractivity contribution in [3.05, 3.63) is 0 Å². The van der Waals surface area contributed by atoms with Gasteiger partial charge in [-0.1, -0.05) is 0 Å². The largest absolute Gasteiger partial charge is 0.342 e. The molecule has 2 saturated heterocycles. The average Bonchev–Trinajstić information content (AvgIpc) is 2.37. The number of hydrogen-bond donors (Lipinski definition) is 0. The van der Waals surface area contributed by atoms with E-state index in [9.17, 15) is 4.79 Å². The number of hydrogen-bond acceptors (Lipinski definition) is 2. The Balaban J connectivity index is 2.00. The van der Waals surface area contributed by atoms with Gasteiger partial charge in [0.05, 0.1) is 5.41 Å². The molecule has 4 heteroatoms. The second-order valence-corrected chi connectivity index (χ2v) is 6.77. The lowest BCUT2D eigenvalue weighted by atomic mass is 9.83. The first-order chi connectivity index (χ1) is 8.45. The SMILES string of the molecule is CN1CCCC2CN(C(=O)C(C)(C)CCl)CCC21. The van der Waals surface area contributed by atoms with Crippen molar-refractivity contribution in [2.24, 2.45) is 11.3 Å². The molecular weight excluding hydrogens is 248 g/mol. The van der Waals surface area contributed by atoms with Crippen molar-refractivity contribution >= 4 is 17.5 Å². The summed E-state index contributed by atoms with van der Waals surface area (Å²) in [6.45, 7) is 6.92.